The van der Waals surface area contributed by atoms with Gasteiger partial charge in [0, 0.05) is 10.1 Å². The van der Waals surface area contributed by atoms with Gasteiger partial charge in [0.05, 0.1) is 5.92 Å². The number of thioether (sulfide) groups is 1. The van der Waals surface area contributed by atoms with Crippen LogP contribution in [0, 0.1) is 11.7 Å². The Hall–Kier alpha value is -1.03. The highest BCUT2D eigenvalue weighted by Gasteiger charge is 2.24. The Morgan fingerprint density at radius 1 is 1.59 bits per heavy atom. The van der Waals surface area contributed by atoms with Crippen molar-refractivity contribution in [3.63, 3.8) is 0 Å². The molecule has 1 saturated carbocycles. The Kier molecular flexibility index (Phi) is 3.72. The van der Waals surface area contributed by atoms with Gasteiger partial charge in [0.15, 0.2) is 0 Å². The van der Waals surface area contributed by atoms with Crippen molar-refractivity contribution in [2.24, 2.45) is 5.92 Å². The zero-order valence-electron chi connectivity index (χ0n) is 9.65. The number of carboxylic acids is 1. The standard InChI is InChI=1S/C13H15FO2S/c1-8(13(15)16)6-9-2-5-12(11(14)7-9)17-10-3-4-10/h2,5,7-8,10H,3-4,6H2,1H3,(H,15,16). The van der Waals surface area contributed by atoms with Gasteiger partial charge in [-0.3, -0.25) is 4.79 Å². The number of hydrogen-bond donors (Lipinski definition) is 1. The minimum absolute atomic E-state index is 0.225. The van der Waals surface area contributed by atoms with Crippen LogP contribution in [-0.2, 0) is 11.2 Å². The summed E-state index contributed by atoms with van der Waals surface area (Å²) in [6, 6.07) is 5.06. The van der Waals surface area contributed by atoms with E-state index in [9.17, 15) is 9.18 Å². The molecular weight excluding hydrogens is 239 g/mol. The normalized spacial score (nSPS) is 16.8. The molecule has 1 unspecified atom stereocenters. The third kappa shape index (κ3) is 3.46. The monoisotopic (exact) mass is 254 g/mol. The highest BCUT2D eigenvalue weighted by atomic mass is 32.2. The molecule has 1 aromatic rings. The fraction of sp³-hybridized carbons (Fsp3) is 0.462. The molecular formula is C13H15FO2S. The summed E-state index contributed by atoms with van der Waals surface area (Å²) in [5, 5.41) is 9.37. The van der Waals surface area contributed by atoms with E-state index in [-0.39, 0.29) is 5.82 Å². The van der Waals surface area contributed by atoms with Crippen molar-refractivity contribution >= 4 is 17.7 Å². The van der Waals surface area contributed by atoms with Gasteiger partial charge >= 0.3 is 5.97 Å². The molecule has 1 aromatic carbocycles. The number of rotatable bonds is 5. The lowest BCUT2D eigenvalue weighted by atomic mass is 10.0. The number of halogens is 1. The SMILES string of the molecule is CC(Cc1ccc(SC2CC2)c(F)c1)C(=O)O. The van der Waals surface area contributed by atoms with E-state index in [1.54, 1.807) is 24.8 Å². The largest absolute Gasteiger partial charge is 0.481 e. The van der Waals surface area contributed by atoms with Crippen molar-refractivity contribution in [3.05, 3.63) is 29.6 Å². The summed E-state index contributed by atoms with van der Waals surface area (Å²) in [6.45, 7) is 1.63. The van der Waals surface area contributed by atoms with Crippen molar-refractivity contribution in [3.8, 4) is 0 Å². The molecule has 0 heterocycles. The molecule has 1 aliphatic rings. The maximum atomic E-state index is 13.7. The summed E-state index contributed by atoms with van der Waals surface area (Å²) in [7, 11) is 0. The van der Waals surface area contributed by atoms with Crippen molar-refractivity contribution < 1.29 is 14.3 Å². The number of carboxylic acid groups (broad SMARTS) is 1. The van der Waals surface area contributed by atoms with Crippen LogP contribution in [0.15, 0.2) is 23.1 Å². The van der Waals surface area contributed by atoms with E-state index in [0.717, 1.165) is 5.56 Å². The van der Waals surface area contributed by atoms with Crippen molar-refractivity contribution in [1.82, 2.24) is 0 Å². The van der Waals surface area contributed by atoms with Crippen molar-refractivity contribution in [1.29, 1.82) is 0 Å². The van der Waals surface area contributed by atoms with Gasteiger partial charge in [-0.15, -0.1) is 11.8 Å². The summed E-state index contributed by atoms with van der Waals surface area (Å²) in [5.74, 6) is -1.55. The molecule has 2 nitrogen and oxygen atoms in total. The van der Waals surface area contributed by atoms with Gasteiger partial charge in [-0.25, -0.2) is 4.39 Å². The Balaban J connectivity index is 2.04. The zero-order chi connectivity index (χ0) is 12.4. The average Bonchev–Trinajstić information content (AvgIpc) is 3.06. The third-order valence-electron chi connectivity index (χ3n) is 2.78. The average molecular weight is 254 g/mol. The summed E-state index contributed by atoms with van der Waals surface area (Å²) in [6.07, 6.45) is 2.71. The Labute approximate surface area is 104 Å². The highest BCUT2D eigenvalue weighted by Crippen LogP contribution is 2.40. The molecule has 0 aromatic heterocycles. The fourth-order valence-electron chi connectivity index (χ4n) is 1.57. The summed E-state index contributed by atoms with van der Waals surface area (Å²) in [5.41, 5.74) is 0.748. The predicted octanol–water partition coefficient (Wildman–Crippen LogP) is 3.34. The molecule has 0 bridgehead atoms. The van der Waals surface area contributed by atoms with E-state index in [1.165, 1.54) is 18.9 Å². The topological polar surface area (TPSA) is 37.3 Å². The van der Waals surface area contributed by atoms with E-state index < -0.39 is 11.9 Å². The second-order valence-corrected chi connectivity index (χ2v) is 5.87. The van der Waals surface area contributed by atoms with E-state index in [0.29, 0.717) is 16.6 Å². The molecule has 0 radical (unpaired) electrons. The van der Waals surface area contributed by atoms with Crippen LogP contribution in [0.3, 0.4) is 0 Å². The van der Waals surface area contributed by atoms with Crippen LogP contribution in [0.25, 0.3) is 0 Å². The molecule has 0 spiro atoms. The lowest BCUT2D eigenvalue weighted by Gasteiger charge is -2.08. The molecule has 1 N–H and O–H groups in total. The smallest absolute Gasteiger partial charge is 0.306 e. The summed E-state index contributed by atoms with van der Waals surface area (Å²) >= 11 is 1.58. The van der Waals surface area contributed by atoms with Gasteiger partial charge < -0.3 is 5.11 Å². The first-order valence-electron chi connectivity index (χ1n) is 5.74. The first kappa shape index (κ1) is 12.4. The van der Waals surface area contributed by atoms with Crippen LogP contribution >= 0.6 is 11.8 Å². The maximum Gasteiger partial charge on any atom is 0.306 e. The van der Waals surface area contributed by atoms with Crippen LogP contribution in [0.1, 0.15) is 25.3 Å². The van der Waals surface area contributed by atoms with E-state index in [4.69, 9.17) is 5.11 Å². The molecule has 1 aliphatic carbocycles. The van der Waals surface area contributed by atoms with Crippen molar-refractivity contribution in [2.45, 2.75) is 36.3 Å². The molecule has 0 saturated heterocycles. The quantitative estimate of drug-likeness (QED) is 0.875. The Bertz CT molecular complexity index is 429. The van der Waals surface area contributed by atoms with Gasteiger partial charge in [-0.2, -0.15) is 0 Å². The Morgan fingerprint density at radius 3 is 2.82 bits per heavy atom. The number of aliphatic carboxylic acids is 1. The van der Waals surface area contributed by atoms with Gasteiger partial charge in [0.2, 0.25) is 0 Å². The van der Waals surface area contributed by atoms with Gasteiger partial charge in [0.1, 0.15) is 5.82 Å². The van der Waals surface area contributed by atoms with Crippen LogP contribution in [0.4, 0.5) is 4.39 Å². The lowest BCUT2D eigenvalue weighted by Crippen LogP contribution is -2.12. The maximum absolute atomic E-state index is 13.7. The molecule has 1 atom stereocenters. The number of benzene rings is 1. The van der Waals surface area contributed by atoms with Gasteiger partial charge in [0.25, 0.3) is 0 Å². The van der Waals surface area contributed by atoms with E-state index in [2.05, 4.69) is 0 Å². The summed E-state index contributed by atoms with van der Waals surface area (Å²) < 4.78 is 13.7. The molecule has 92 valence electrons. The zero-order valence-corrected chi connectivity index (χ0v) is 10.5. The lowest BCUT2D eigenvalue weighted by molar-refractivity contribution is -0.141. The first-order chi connectivity index (χ1) is 8.06. The second kappa shape index (κ2) is 5.08. The second-order valence-electron chi connectivity index (χ2n) is 4.53. The van der Waals surface area contributed by atoms with Crippen LogP contribution in [-0.4, -0.2) is 16.3 Å². The molecule has 2 rings (SSSR count). The van der Waals surface area contributed by atoms with E-state index >= 15 is 0 Å². The molecule has 17 heavy (non-hydrogen) atoms. The predicted molar refractivity (Wildman–Crippen MR) is 65.8 cm³/mol. The number of carbonyl (C=O) groups is 1. The van der Waals surface area contributed by atoms with Gasteiger partial charge in [-0.1, -0.05) is 13.0 Å². The van der Waals surface area contributed by atoms with Gasteiger partial charge in [-0.05, 0) is 37.0 Å². The Morgan fingerprint density at radius 2 is 2.29 bits per heavy atom. The van der Waals surface area contributed by atoms with Crippen molar-refractivity contribution in [2.75, 3.05) is 0 Å². The molecule has 0 amide bonds. The van der Waals surface area contributed by atoms with Crippen LogP contribution in [0.2, 0.25) is 0 Å². The van der Waals surface area contributed by atoms with Crippen LogP contribution in [0.5, 0.6) is 0 Å². The third-order valence-corrected chi connectivity index (χ3v) is 4.17. The molecule has 0 aliphatic heterocycles. The molecule has 1 fully saturated rings. The summed E-state index contributed by atoms with van der Waals surface area (Å²) in [4.78, 5) is 11.4. The molecule has 4 heteroatoms. The van der Waals surface area contributed by atoms with Crippen LogP contribution < -0.4 is 0 Å². The first-order valence-corrected chi connectivity index (χ1v) is 6.62. The minimum atomic E-state index is -0.846. The number of hydrogen-bond acceptors (Lipinski definition) is 2. The fourth-order valence-corrected chi connectivity index (χ4v) is 2.62. The minimum Gasteiger partial charge on any atom is -0.481 e. The van der Waals surface area contributed by atoms with E-state index in [1.807, 2.05) is 6.07 Å². The highest BCUT2D eigenvalue weighted by molar-refractivity contribution is 8.00.